The summed E-state index contributed by atoms with van der Waals surface area (Å²) >= 11 is 0. The third-order valence-electron chi connectivity index (χ3n) is 5.64. The number of hydrogen-bond acceptors (Lipinski definition) is 9. The van der Waals surface area contributed by atoms with E-state index in [0.29, 0.717) is 5.82 Å². The van der Waals surface area contributed by atoms with Crippen molar-refractivity contribution in [3.05, 3.63) is 70.9 Å². The van der Waals surface area contributed by atoms with Gasteiger partial charge in [0.2, 0.25) is 0 Å². The van der Waals surface area contributed by atoms with E-state index in [1.54, 1.807) is 26.3 Å². The number of hydrogen-bond donors (Lipinski definition) is 4. The lowest BCUT2D eigenvalue weighted by atomic mass is 9.89. The number of aromatic nitrogens is 4. The molecule has 0 aromatic carbocycles. The molecule has 182 valence electrons. The zero-order chi connectivity index (χ0) is 24.9. The lowest BCUT2D eigenvalue weighted by Crippen LogP contribution is -2.51. The summed E-state index contributed by atoms with van der Waals surface area (Å²) in [5, 5.41) is 8.70. The number of ether oxygens (including phenoxy) is 1. The Hall–Kier alpha value is -4.32. The van der Waals surface area contributed by atoms with Gasteiger partial charge < -0.3 is 26.4 Å². The molecule has 1 amide bonds. The largest absolute Gasteiger partial charge is 0.404 e. The standard InChI is InChI=1S/C23H25FN8O3/c1-26-18-11-19(28-16-6-4-10-32(23(16)34)21-14(24)5-3-9-27-21)31-20(30-18)13(12-25)22(33)29-15-7-8-17(15)35-2/h3-6,9-12,15,17H,7-8,25H2,1-2H3,(H,29,33)(H2,26,28,30,31)/t15-,17-/m0/s1. The first-order valence-electron chi connectivity index (χ1n) is 10.9. The Morgan fingerprint density at radius 1 is 1.26 bits per heavy atom. The Morgan fingerprint density at radius 3 is 2.71 bits per heavy atom. The normalized spacial score (nSPS) is 17.4. The SMILES string of the molecule is CNc1cc(Nc2cccn(-c3ncccc3F)c2=O)nc(C(=CN)C(=O)N[C@H]2CC[C@@H]2OC)n1. The molecular formula is C23H25FN8O3. The van der Waals surface area contributed by atoms with Crippen molar-refractivity contribution in [2.45, 2.75) is 25.0 Å². The molecule has 3 aromatic heterocycles. The average Bonchev–Trinajstić information content (AvgIpc) is 2.84. The van der Waals surface area contributed by atoms with Gasteiger partial charge in [0.15, 0.2) is 17.5 Å². The van der Waals surface area contributed by atoms with Gasteiger partial charge in [-0.15, -0.1) is 0 Å². The van der Waals surface area contributed by atoms with E-state index in [1.165, 1.54) is 30.6 Å². The number of nitrogens with two attached hydrogens (primary N) is 1. The second-order valence-electron chi connectivity index (χ2n) is 7.75. The Balaban J connectivity index is 1.64. The van der Waals surface area contributed by atoms with Crippen molar-refractivity contribution in [1.82, 2.24) is 24.8 Å². The van der Waals surface area contributed by atoms with Crippen molar-refractivity contribution >= 4 is 28.8 Å². The Kier molecular flexibility index (Phi) is 7.01. The molecule has 3 aromatic rings. The first-order valence-corrected chi connectivity index (χ1v) is 10.9. The highest BCUT2D eigenvalue weighted by Gasteiger charge is 2.33. The van der Waals surface area contributed by atoms with Crippen LogP contribution in [0.3, 0.4) is 0 Å². The minimum absolute atomic E-state index is 0.0519. The topological polar surface area (TPSA) is 149 Å². The summed E-state index contributed by atoms with van der Waals surface area (Å²) in [6, 6.07) is 7.18. The van der Waals surface area contributed by atoms with Crippen LogP contribution in [-0.2, 0) is 9.53 Å². The van der Waals surface area contributed by atoms with Gasteiger partial charge in [0.05, 0.1) is 17.7 Å². The molecule has 0 radical (unpaired) electrons. The van der Waals surface area contributed by atoms with Gasteiger partial charge in [-0.3, -0.25) is 14.2 Å². The van der Waals surface area contributed by atoms with Crippen LogP contribution in [0.4, 0.5) is 21.7 Å². The number of nitrogens with zero attached hydrogens (tertiary/aromatic N) is 4. The van der Waals surface area contributed by atoms with Crippen molar-refractivity contribution < 1.29 is 13.9 Å². The molecule has 0 spiro atoms. The highest BCUT2D eigenvalue weighted by atomic mass is 19.1. The molecule has 0 unspecified atom stereocenters. The number of carbonyl (C=O) groups excluding carboxylic acids is 1. The second-order valence-corrected chi connectivity index (χ2v) is 7.75. The average molecular weight is 481 g/mol. The molecule has 1 aliphatic carbocycles. The first-order chi connectivity index (χ1) is 16.9. The van der Waals surface area contributed by atoms with E-state index in [0.717, 1.165) is 23.6 Å². The number of pyridine rings is 2. The van der Waals surface area contributed by atoms with Crippen LogP contribution in [0.2, 0.25) is 0 Å². The molecule has 12 heteroatoms. The third kappa shape index (κ3) is 4.96. The van der Waals surface area contributed by atoms with E-state index in [-0.39, 0.29) is 40.9 Å². The van der Waals surface area contributed by atoms with E-state index in [1.807, 2.05) is 0 Å². The summed E-state index contributed by atoms with van der Waals surface area (Å²) in [4.78, 5) is 38.5. The van der Waals surface area contributed by atoms with Gasteiger partial charge >= 0.3 is 0 Å². The number of carbonyl (C=O) groups is 1. The quantitative estimate of drug-likeness (QED) is 0.352. The number of anilines is 3. The molecule has 35 heavy (non-hydrogen) atoms. The molecule has 0 bridgehead atoms. The zero-order valence-corrected chi connectivity index (χ0v) is 19.2. The maximum atomic E-state index is 14.2. The van der Waals surface area contributed by atoms with Crippen LogP contribution in [0.1, 0.15) is 18.7 Å². The predicted octanol–water partition coefficient (Wildman–Crippen LogP) is 1.54. The smallest absolute Gasteiger partial charge is 0.280 e. The molecule has 11 nitrogen and oxygen atoms in total. The minimum atomic E-state index is -0.639. The van der Waals surface area contributed by atoms with Crippen molar-refractivity contribution in [3.8, 4) is 5.82 Å². The Bertz CT molecular complexity index is 1320. The van der Waals surface area contributed by atoms with E-state index >= 15 is 0 Å². The molecule has 1 aliphatic rings. The summed E-state index contributed by atoms with van der Waals surface area (Å²) in [7, 11) is 3.25. The van der Waals surface area contributed by atoms with Crippen LogP contribution < -0.4 is 27.2 Å². The van der Waals surface area contributed by atoms with Crippen LogP contribution in [0.15, 0.2) is 53.7 Å². The molecule has 3 heterocycles. The van der Waals surface area contributed by atoms with Gasteiger partial charge in [-0.05, 0) is 37.1 Å². The van der Waals surface area contributed by atoms with Crippen molar-refractivity contribution in [2.24, 2.45) is 5.73 Å². The van der Waals surface area contributed by atoms with E-state index in [2.05, 4.69) is 30.9 Å². The molecule has 4 rings (SSSR count). The fourth-order valence-electron chi connectivity index (χ4n) is 3.62. The summed E-state index contributed by atoms with van der Waals surface area (Å²) in [5.41, 5.74) is 5.39. The minimum Gasteiger partial charge on any atom is -0.404 e. The predicted molar refractivity (Wildman–Crippen MR) is 129 cm³/mol. The van der Waals surface area contributed by atoms with Crippen LogP contribution in [0.25, 0.3) is 11.4 Å². The Labute approximate surface area is 200 Å². The van der Waals surface area contributed by atoms with Crippen LogP contribution >= 0.6 is 0 Å². The lowest BCUT2D eigenvalue weighted by Gasteiger charge is -2.35. The van der Waals surface area contributed by atoms with E-state index in [4.69, 9.17) is 10.5 Å². The number of nitrogens with one attached hydrogen (secondary N) is 3. The molecule has 1 fully saturated rings. The lowest BCUT2D eigenvalue weighted by molar-refractivity contribution is -0.118. The highest BCUT2D eigenvalue weighted by Crippen LogP contribution is 2.24. The molecule has 5 N–H and O–H groups in total. The summed E-state index contributed by atoms with van der Waals surface area (Å²) in [5.74, 6) is -0.544. The van der Waals surface area contributed by atoms with Gasteiger partial charge in [0.1, 0.15) is 17.3 Å². The maximum absolute atomic E-state index is 14.2. The first kappa shape index (κ1) is 23.8. The van der Waals surface area contributed by atoms with Gasteiger partial charge in [-0.1, -0.05) is 0 Å². The van der Waals surface area contributed by atoms with Crippen molar-refractivity contribution in [2.75, 3.05) is 24.8 Å². The zero-order valence-electron chi connectivity index (χ0n) is 19.2. The Morgan fingerprint density at radius 2 is 2.06 bits per heavy atom. The van der Waals surface area contributed by atoms with Crippen LogP contribution in [0.5, 0.6) is 0 Å². The van der Waals surface area contributed by atoms with E-state index in [9.17, 15) is 14.0 Å². The summed E-state index contributed by atoms with van der Waals surface area (Å²) < 4.78 is 20.6. The molecule has 0 aliphatic heterocycles. The summed E-state index contributed by atoms with van der Waals surface area (Å²) in [6.07, 6.45) is 5.54. The molecule has 2 atom stereocenters. The van der Waals surface area contributed by atoms with Crippen molar-refractivity contribution in [3.63, 3.8) is 0 Å². The highest BCUT2D eigenvalue weighted by molar-refractivity contribution is 6.18. The fourth-order valence-corrected chi connectivity index (χ4v) is 3.62. The van der Waals surface area contributed by atoms with Gasteiger partial charge in [-0.2, -0.15) is 0 Å². The monoisotopic (exact) mass is 480 g/mol. The number of rotatable bonds is 8. The fraction of sp³-hybridized carbons (Fsp3) is 0.261. The molecule has 0 saturated heterocycles. The van der Waals surface area contributed by atoms with Gasteiger partial charge in [0, 0.05) is 38.8 Å². The number of methoxy groups -OCH3 is 1. The van der Waals surface area contributed by atoms with Crippen LogP contribution in [-0.4, -0.2) is 51.7 Å². The van der Waals surface area contributed by atoms with Gasteiger partial charge in [-0.25, -0.2) is 19.3 Å². The summed E-state index contributed by atoms with van der Waals surface area (Å²) in [6.45, 7) is 0. The van der Waals surface area contributed by atoms with E-state index < -0.39 is 17.3 Å². The number of halogens is 1. The molecule has 1 saturated carbocycles. The third-order valence-corrected chi connectivity index (χ3v) is 5.64. The maximum Gasteiger partial charge on any atom is 0.280 e. The van der Waals surface area contributed by atoms with Gasteiger partial charge in [0.25, 0.3) is 11.5 Å². The van der Waals surface area contributed by atoms with Crippen molar-refractivity contribution in [1.29, 1.82) is 0 Å². The molecular weight excluding hydrogens is 455 g/mol. The second kappa shape index (κ2) is 10.3. The van der Waals surface area contributed by atoms with Crippen LogP contribution in [0, 0.1) is 5.82 Å². The number of amides is 1.